The van der Waals surface area contributed by atoms with E-state index in [4.69, 9.17) is 13.9 Å². The molecule has 1 fully saturated rings. The number of furan rings is 1. The molecule has 1 saturated carbocycles. The lowest BCUT2D eigenvalue weighted by molar-refractivity contribution is -0.137. The second kappa shape index (κ2) is 11.0. The van der Waals surface area contributed by atoms with Crippen molar-refractivity contribution in [2.45, 2.75) is 43.9 Å². The highest BCUT2D eigenvalue weighted by Crippen LogP contribution is 2.38. The van der Waals surface area contributed by atoms with Crippen molar-refractivity contribution in [2.75, 3.05) is 19.1 Å². The molecule has 1 N–H and O–H groups in total. The maximum Gasteiger partial charge on any atom is 0.416 e. The molecule has 2 aromatic carbocycles. The first-order valence-corrected chi connectivity index (χ1v) is 11.8. The third kappa shape index (κ3) is 5.73. The monoisotopic (exact) mass is 516 g/mol. The van der Waals surface area contributed by atoms with Crippen LogP contribution in [0.15, 0.2) is 65.3 Å². The highest BCUT2D eigenvalue weighted by Gasteiger charge is 2.38. The number of hydrogen-bond donors (Lipinski definition) is 1. The Labute approximate surface area is 212 Å². The standard InChI is InChI=1S/C27H27F3N2O5/c1-35-21-13-12-17(15-23(21)36-2)24(25(33)31-19-8-3-4-9-19)32(26(34)22-11-6-14-37-22)20-10-5-7-18(16-20)27(28,29)30/h5-7,10-16,19,24H,3-4,8-9H2,1-2H3,(H,31,33)/t24-/m1/s1. The van der Waals surface area contributed by atoms with Crippen molar-refractivity contribution >= 4 is 17.5 Å². The molecule has 37 heavy (non-hydrogen) atoms. The van der Waals surface area contributed by atoms with Gasteiger partial charge in [0.15, 0.2) is 17.3 Å². The molecular formula is C27H27F3N2O5. The lowest BCUT2D eigenvalue weighted by Gasteiger charge is -2.32. The normalized spacial score (nSPS) is 14.7. The lowest BCUT2D eigenvalue weighted by atomic mass is 10.0. The van der Waals surface area contributed by atoms with Crippen LogP contribution in [0.4, 0.5) is 18.9 Å². The first-order valence-electron chi connectivity index (χ1n) is 11.8. The smallest absolute Gasteiger partial charge is 0.416 e. The zero-order chi connectivity index (χ0) is 26.6. The zero-order valence-electron chi connectivity index (χ0n) is 20.4. The fourth-order valence-corrected chi connectivity index (χ4v) is 4.53. The molecule has 196 valence electrons. The maximum absolute atomic E-state index is 13.8. The summed E-state index contributed by atoms with van der Waals surface area (Å²) >= 11 is 0. The van der Waals surface area contributed by atoms with E-state index in [1.165, 1.54) is 50.8 Å². The van der Waals surface area contributed by atoms with Crippen LogP contribution in [0.25, 0.3) is 0 Å². The van der Waals surface area contributed by atoms with Gasteiger partial charge in [0.1, 0.15) is 6.04 Å². The molecule has 1 heterocycles. The number of rotatable bonds is 8. The van der Waals surface area contributed by atoms with E-state index in [0.717, 1.165) is 42.7 Å². The first-order chi connectivity index (χ1) is 17.7. The van der Waals surface area contributed by atoms with E-state index in [2.05, 4.69) is 5.32 Å². The minimum Gasteiger partial charge on any atom is -0.493 e. The van der Waals surface area contributed by atoms with Crippen molar-refractivity contribution in [1.82, 2.24) is 5.32 Å². The summed E-state index contributed by atoms with van der Waals surface area (Å²) in [5.41, 5.74) is -0.743. The van der Waals surface area contributed by atoms with Crippen LogP contribution >= 0.6 is 0 Å². The molecule has 0 spiro atoms. The summed E-state index contributed by atoms with van der Waals surface area (Å²) in [5, 5.41) is 2.98. The molecule has 0 radical (unpaired) electrons. The molecule has 3 aromatic rings. The average molecular weight is 517 g/mol. The number of amides is 2. The van der Waals surface area contributed by atoms with Crippen LogP contribution in [0, 0.1) is 0 Å². The summed E-state index contributed by atoms with van der Waals surface area (Å²) in [5.74, 6) is -0.740. The third-order valence-corrected chi connectivity index (χ3v) is 6.33. The largest absolute Gasteiger partial charge is 0.493 e. The Hall–Kier alpha value is -3.95. The number of hydrogen-bond acceptors (Lipinski definition) is 5. The van der Waals surface area contributed by atoms with Gasteiger partial charge in [0, 0.05) is 11.7 Å². The van der Waals surface area contributed by atoms with Crippen LogP contribution in [-0.2, 0) is 11.0 Å². The summed E-state index contributed by atoms with van der Waals surface area (Å²) < 4.78 is 56.8. The van der Waals surface area contributed by atoms with E-state index in [1.807, 2.05) is 0 Å². The number of ether oxygens (including phenoxy) is 2. The molecule has 7 nitrogen and oxygen atoms in total. The highest BCUT2D eigenvalue weighted by atomic mass is 19.4. The van der Waals surface area contributed by atoms with Gasteiger partial charge < -0.3 is 19.2 Å². The Kier molecular flexibility index (Phi) is 7.75. The number of nitrogens with one attached hydrogen (secondary N) is 1. The Morgan fingerprint density at radius 3 is 2.35 bits per heavy atom. The van der Waals surface area contributed by atoms with Crippen LogP contribution in [0.1, 0.15) is 53.4 Å². The molecule has 2 amide bonds. The molecule has 1 aliphatic carbocycles. The predicted octanol–water partition coefficient (Wildman–Crippen LogP) is 5.76. The molecule has 0 bridgehead atoms. The van der Waals surface area contributed by atoms with Crippen LogP contribution in [0.2, 0.25) is 0 Å². The fraction of sp³-hybridized carbons (Fsp3) is 0.333. The minimum atomic E-state index is -4.65. The van der Waals surface area contributed by atoms with E-state index in [1.54, 1.807) is 12.1 Å². The summed E-state index contributed by atoms with van der Waals surface area (Å²) in [6, 6.07) is 10.4. The second-order valence-corrected chi connectivity index (χ2v) is 8.71. The van der Waals surface area contributed by atoms with Crippen LogP contribution in [0.3, 0.4) is 0 Å². The first kappa shape index (κ1) is 26.1. The third-order valence-electron chi connectivity index (χ3n) is 6.33. The second-order valence-electron chi connectivity index (χ2n) is 8.71. The number of carbonyl (C=O) groups is 2. The van der Waals surface area contributed by atoms with Crippen molar-refractivity contribution in [2.24, 2.45) is 0 Å². The molecule has 0 saturated heterocycles. The molecule has 1 aromatic heterocycles. The Morgan fingerprint density at radius 1 is 1.00 bits per heavy atom. The van der Waals surface area contributed by atoms with Gasteiger partial charge in [-0.05, 0) is 60.9 Å². The van der Waals surface area contributed by atoms with Gasteiger partial charge >= 0.3 is 6.18 Å². The number of methoxy groups -OCH3 is 2. The minimum absolute atomic E-state index is 0.0998. The van der Waals surface area contributed by atoms with Crippen molar-refractivity contribution in [1.29, 1.82) is 0 Å². The number of halogens is 3. The predicted molar refractivity (Wildman–Crippen MR) is 130 cm³/mol. The van der Waals surface area contributed by atoms with Gasteiger partial charge in [-0.3, -0.25) is 14.5 Å². The molecule has 0 aliphatic heterocycles. The number of alkyl halides is 3. The number of nitrogens with zero attached hydrogens (tertiary/aromatic N) is 1. The van der Waals surface area contributed by atoms with Gasteiger partial charge in [-0.2, -0.15) is 13.2 Å². The van der Waals surface area contributed by atoms with Gasteiger partial charge in [-0.25, -0.2) is 0 Å². The average Bonchev–Trinajstić information content (AvgIpc) is 3.61. The van der Waals surface area contributed by atoms with E-state index in [-0.39, 0.29) is 17.5 Å². The molecule has 10 heteroatoms. The molecule has 0 unspecified atom stereocenters. The number of anilines is 1. The Morgan fingerprint density at radius 2 is 1.73 bits per heavy atom. The van der Waals surface area contributed by atoms with E-state index in [0.29, 0.717) is 17.1 Å². The molecular weight excluding hydrogens is 489 g/mol. The highest BCUT2D eigenvalue weighted by molar-refractivity contribution is 6.08. The summed E-state index contributed by atoms with van der Waals surface area (Å²) in [6.07, 6.45) is 0.0886. The van der Waals surface area contributed by atoms with Crippen molar-refractivity contribution in [3.8, 4) is 11.5 Å². The Balaban J connectivity index is 1.89. The molecule has 1 atom stereocenters. The maximum atomic E-state index is 13.8. The zero-order valence-corrected chi connectivity index (χ0v) is 20.4. The van der Waals surface area contributed by atoms with Crippen molar-refractivity contribution in [3.63, 3.8) is 0 Å². The summed E-state index contributed by atoms with van der Waals surface area (Å²) in [4.78, 5) is 28.5. The quantitative estimate of drug-likeness (QED) is 0.412. The van der Waals surface area contributed by atoms with Gasteiger partial charge in [-0.1, -0.05) is 25.0 Å². The lowest BCUT2D eigenvalue weighted by Crippen LogP contribution is -2.46. The van der Waals surface area contributed by atoms with Crippen molar-refractivity contribution < 1.29 is 36.7 Å². The fourth-order valence-electron chi connectivity index (χ4n) is 4.53. The molecule has 4 rings (SSSR count). The van der Waals surface area contributed by atoms with Crippen LogP contribution in [0.5, 0.6) is 11.5 Å². The van der Waals surface area contributed by atoms with Gasteiger partial charge in [0.25, 0.3) is 5.91 Å². The van der Waals surface area contributed by atoms with E-state index >= 15 is 0 Å². The van der Waals surface area contributed by atoms with Gasteiger partial charge in [0.05, 0.1) is 26.0 Å². The SMILES string of the molecule is COc1ccc([C@H](C(=O)NC2CCCC2)N(C(=O)c2ccco2)c2cccc(C(F)(F)F)c2)cc1OC. The van der Waals surface area contributed by atoms with E-state index in [9.17, 15) is 22.8 Å². The number of carbonyl (C=O) groups excluding carboxylic acids is 2. The number of benzene rings is 2. The van der Waals surface area contributed by atoms with E-state index < -0.39 is 29.6 Å². The van der Waals surface area contributed by atoms with Gasteiger partial charge in [0.2, 0.25) is 5.91 Å². The summed E-state index contributed by atoms with van der Waals surface area (Å²) in [6.45, 7) is 0. The van der Waals surface area contributed by atoms with Gasteiger partial charge in [-0.15, -0.1) is 0 Å². The molecule has 1 aliphatic rings. The van der Waals surface area contributed by atoms with Crippen LogP contribution < -0.4 is 19.7 Å². The Bertz CT molecular complexity index is 1240. The summed E-state index contributed by atoms with van der Waals surface area (Å²) in [7, 11) is 2.88. The van der Waals surface area contributed by atoms with Crippen LogP contribution in [-0.4, -0.2) is 32.1 Å². The van der Waals surface area contributed by atoms with Crippen molar-refractivity contribution in [3.05, 3.63) is 77.7 Å². The topological polar surface area (TPSA) is 81.0 Å².